The van der Waals surface area contributed by atoms with E-state index in [1.165, 1.54) is 0 Å². The van der Waals surface area contributed by atoms with E-state index in [4.69, 9.17) is 4.52 Å². The lowest BCUT2D eigenvalue weighted by Crippen LogP contribution is -2.29. The van der Waals surface area contributed by atoms with Gasteiger partial charge in [0.05, 0.1) is 18.4 Å². The van der Waals surface area contributed by atoms with Crippen molar-refractivity contribution in [2.75, 3.05) is 5.32 Å². The number of amides is 2. The largest absolute Gasteiger partial charge is 0.359 e. The molecule has 0 atom stereocenters. The third-order valence-corrected chi connectivity index (χ3v) is 3.62. The smallest absolute Gasteiger partial charge is 0.319 e. The van der Waals surface area contributed by atoms with Crippen molar-refractivity contribution in [2.45, 2.75) is 26.8 Å². The van der Waals surface area contributed by atoms with Crippen LogP contribution in [0.4, 0.5) is 10.5 Å². The molecule has 0 radical (unpaired) electrons. The number of nitrogens with one attached hydrogen (secondary N) is 3. The second kappa shape index (κ2) is 6.99. The molecule has 2 amide bonds. The van der Waals surface area contributed by atoms with E-state index in [0.717, 1.165) is 11.3 Å². The molecule has 0 saturated heterocycles. The van der Waals surface area contributed by atoms with Crippen LogP contribution in [-0.2, 0) is 13.0 Å². The number of urea groups is 1. The molecule has 3 rings (SSSR count). The van der Waals surface area contributed by atoms with E-state index in [0.29, 0.717) is 35.9 Å². The summed E-state index contributed by atoms with van der Waals surface area (Å²) >= 11 is 0. The van der Waals surface area contributed by atoms with Crippen molar-refractivity contribution in [2.24, 2.45) is 0 Å². The zero-order valence-electron chi connectivity index (χ0n) is 13.6. The quantitative estimate of drug-likeness (QED) is 0.671. The summed E-state index contributed by atoms with van der Waals surface area (Å²) in [5.41, 5.74) is 3.25. The van der Waals surface area contributed by atoms with Crippen molar-refractivity contribution in [3.63, 3.8) is 0 Å². The highest BCUT2D eigenvalue weighted by Gasteiger charge is 2.14. The van der Waals surface area contributed by atoms with E-state index in [2.05, 4.69) is 25.8 Å². The maximum absolute atomic E-state index is 12.0. The van der Waals surface area contributed by atoms with E-state index in [1.807, 2.05) is 37.3 Å². The summed E-state index contributed by atoms with van der Waals surface area (Å²) in [6, 6.07) is 9.57. The van der Waals surface area contributed by atoms with Crippen molar-refractivity contribution in [1.82, 2.24) is 20.4 Å². The minimum atomic E-state index is -0.325. The monoisotopic (exact) mass is 325 g/mol. The Morgan fingerprint density at radius 2 is 2.08 bits per heavy atom. The molecule has 7 heteroatoms. The number of carbonyl (C=O) groups excluding carboxylic acids is 1. The molecule has 0 aliphatic rings. The number of imidazole rings is 1. The molecule has 0 aliphatic carbocycles. The molecule has 0 fully saturated rings. The Labute approximate surface area is 139 Å². The topological polar surface area (TPSA) is 95.8 Å². The van der Waals surface area contributed by atoms with Gasteiger partial charge in [-0.3, -0.25) is 0 Å². The molecule has 0 unspecified atom stereocenters. The normalized spacial score (nSPS) is 10.6. The number of anilines is 1. The van der Waals surface area contributed by atoms with Crippen molar-refractivity contribution in [3.8, 4) is 11.3 Å². The first kappa shape index (κ1) is 15.8. The summed E-state index contributed by atoms with van der Waals surface area (Å²) in [7, 11) is 0. The van der Waals surface area contributed by atoms with Crippen LogP contribution in [0.1, 0.15) is 24.2 Å². The number of carbonyl (C=O) groups is 1. The van der Waals surface area contributed by atoms with Gasteiger partial charge in [0.15, 0.2) is 5.76 Å². The number of hydrogen-bond donors (Lipinski definition) is 3. The molecule has 2 aromatic heterocycles. The van der Waals surface area contributed by atoms with Crippen molar-refractivity contribution >= 4 is 11.7 Å². The lowest BCUT2D eigenvalue weighted by molar-refractivity contribution is 0.251. The Bertz CT molecular complexity index is 823. The van der Waals surface area contributed by atoms with Gasteiger partial charge in [0, 0.05) is 6.42 Å². The van der Waals surface area contributed by atoms with Crippen LogP contribution < -0.4 is 10.6 Å². The van der Waals surface area contributed by atoms with Crippen LogP contribution in [0, 0.1) is 6.92 Å². The third kappa shape index (κ3) is 3.45. The average Bonchev–Trinajstić information content (AvgIpc) is 3.21. The maximum atomic E-state index is 12.0. The zero-order valence-corrected chi connectivity index (χ0v) is 13.6. The van der Waals surface area contributed by atoms with Gasteiger partial charge in [-0.1, -0.05) is 42.4 Å². The fourth-order valence-electron chi connectivity index (χ4n) is 2.36. The molecule has 0 aliphatic heterocycles. The summed E-state index contributed by atoms with van der Waals surface area (Å²) in [6.07, 6.45) is 2.42. The standard InChI is InChI=1S/C17H19N5O2/c1-3-14-16(11(2)22-24-14)21-17(23)19-10-15-18-9-13(20-15)12-7-5-4-6-8-12/h4-9H,3,10H2,1-2H3,(H,18,20)(H2,19,21,23). The highest BCUT2D eigenvalue weighted by atomic mass is 16.5. The van der Waals surface area contributed by atoms with E-state index in [-0.39, 0.29) is 6.03 Å². The highest BCUT2D eigenvalue weighted by Crippen LogP contribution is 2.20. The number of rotatable bonds is 5. The summed E-state index contributed by atoms with van der Waals surface area (Å²) < 4.78 is 5.15. The lowest BCUT2D eigenvalue weighted by atomic mass is 10.2. The van der Waals surface area contributed by atoms with Crippen molar-refractivity contribution < 1.29 is 9.32 Å². The number of nitrogens with zero attached hydrogens (tertiary/aromatic N) is 2. The fraction of sp³-hybridized carbons (Fsp3) is 0.235. The summed E-state index contributed by atoms with van der Waals surface area (Å²) in [6.45, 7) is 4.03. The van der Waals surface area contributed by atoms with Crippen LogP contribution in [0.3, 0.4) is 0 Å². The Balaban J connectivity index is 1.59. The van der Waals surface area contributed by atoms with Gasteiger partial charge in [-0.25, -0.2) is 9.78 Å². The molecule has 2 heterocycles. The van der Waals surface area contributed by atoms with Crippen LogP contribution in [0.25, 0.3) is 11.3 Å². The van der Waals surface area contributed by atoms with Crippen molar-refractivity contribution in [1.29, 1.82) is 0 Å². The van der Waals surface area contributed by atoms with Crippen LogP contribution in [0.5, 0.6) is 0 Å². The van der Waals surface area contributed by atoms with E-state index < -0.39 is 0 Å². The first-order chi connectivity index (χ1) is 11.7. The summed E-state index contributed by atoms with van der Waals surface area (Å²) in [4.78, 5) is 19.5. The predicted molar refractivity (Wildman–Crippen MR) is 90.5 cm³/mol. The van der Waals surface area contributed by atoms with Gasteiger partial charge < -0.3 is 20.1 Å². The minimum absolute atomic E-state index is 0.296. The van der Waals surface area contributed by atoms with Gasteiger partial charge in [-0.2, -0.15) is 0 Å². The number of benzene rings is 1. The second-order valence-corrected chi connectivity index (χ2v) is 5.34. The molecule has 124 valence electrons. The van der Waals surface area contributed by atoms with E-state index in [1.54, 1.807) is 13.1 Å². The first-order valence-electron chi connectivity index (χ1n) is 7.76. The molecular formula is C17H19N5O2. The maximum Gasteiger partial charge on any atom is 0.319 e. The SMILES string of the molecule is CCc1onc(C)c1NC(=O)NCc1ncc(-c2ccccc2)[nH]1. The predicted octanol–water partition coefficient (Wildman–Crippen LogP) is 3.26. The van der Waals surface area contributed by atoms with Crippen LogP contribution in [-0.4, -0.2) is 21.2 Å². The molecule has 24 heavy (non-hydrogen) atoms. The number of H-pyrrole nitrogens is 1. The summed E-state index contributed by atoms with van der Waals surface area (Å²) in [5.74, 6) is 1.34. The molecule has 3 N–H and O–H groups in total. The highest BCUT2D eigenvalue weighted by molar-refractivity contribution is 5.90. The van der Waals surface area contributed by atoms with Crippen LogP contribution in [0.2, 0.25) is 0 Å². The minimum Gasteiger partial charge on any atom is -0.359 e. The lowest BCUT2D eigenvalue weighted by Gasteiger charge is -2.06. The molecule has 0 bridgehead atoms. The number of aromatic amines is 1. The van der Waals surface area contributed by atoms with Gasteiger partial charge in [-0.15, -0.1) is 0 Å². The van der Waals surface area contributed by atoms with Gasteiger partial charge in [0.25, 0.3) is 0 Å². The molecule has 1 aromatic carbocycles. The Kier molecular flexibility index (Phi) is 4.60. The molecule has 0 spiro atoms. The fourth-order valence-corrected chi connectivity index (χ4v) is 2.36. The van der Waals surface area contributed by atoms with Crippen LogP contribution in [0.15, 0.2) is 41.1 Å². The average molecular weight is 325 g/mol. The number of aryl methyl sites for hydroxylation is 2. The Morgan fingerprint density at radius 1 is 1.29 bits per heavy atom. The number of aromatic nitrogens is 3. The molecular weight excluding hydrogens is 306 g/mol. The third-order valence-electron chi connectivity index (χ3n) is 3.62. The van der Waals surface area contributed by atoms with Gasteiger partial charge in [0.1, 0.15) is 17.2 Å². The van der Waals surface area contributed by atoms with Gasteiger partial charge in [0.2, 0.25) is 0 Å². The van der Waals surface area contributed by atoms with Crippen molar-refractivity contribution in [3.05, 3.63) is 53.8 Å². The van der Waals surface area contributed by atoms with Gasteiger partial charge >= 0.3 is 6.03 Å². The zero-order chi connectivity index (χ0) is 16.9. The Morgan fingerprint density at radius 3 is 2.83 bits per heavy atom. The molecule has 7 nitrogen and oxygen atoms in total. The van der Waals surface area contributed by atoms with Gasteiger partial charge in [-0.05, 0) is 12.5 Å². The Hall–Kier alpha value is -3.09. The number of hydrogen-bond acceptors (Lipinski definition) is 4. The van der Waals surface area contributed by atoms with E-state index >= 15 is 0 Å². The molecule has 3 aromatic rings. The van der Waals surface area contributed by atoms with E-state index in [9.17, 15) is 4.79 Å². The second-order valence-electron chi connectivity index (χ2n) is 5.34. The first-order valence-corrected chi connectivity index (χ1v) is 7.76. The molecule has 0 saturated carbocycles. The van der Waals surface area contributed by atoms with Crippen LogP contribution >= 0.6 is 0 Å². The summed E-state index contributed by atoms with van der Waals surface area (Å²) in [5, 5.41) is 9.40.